The Hall–Kier alpha value is -5.58. The summed E-state index contributed by atoms with van der Waals surface area (Å²) in [6.07, 6.45) is 3.34. The van der Waals surface area contributed by atoms with Crippen LogP contribution in [-0.2, 0) is 0 Å². The van der Waals surface area contributed by atoms with Gasteiger partial charge in [0.25, 0.3) is 0 Å². The lowest BCUT2D eigenvalue weighted by atomic mass is 9.95. The van der Waals surface area contributed by atoms with Crippen LogP contribution >= 0.6 is 0 Å². The predicted molar refractivity (Wildman–Crippen MR) is 151 cm³/mol. The van der Waals surface area contributed by atoms with Gasteiger partial charge in [0.15, 0.2) is 0 Å². The summed E-state index contributed by atoms with van der Waals surface area (Å²) in [4.78, 5) is 8.89. The maximum absolute atomic E-state index is 9.23. The third-order valence-electron chi connectivity index (χ3n) is 6.60. The van der Waals surface area contributed by atoms with E-state index < -0.39 is 0 Å². The van der Waals surface area contributed by atoms with Crippen LogP contribution in [0.1, 0.15) is 11.1 Å². The third kappa shape index (κ3) is 4.51. The molecule has 0 aliphatic carbocycles. The van der Waals surface area contributed by atoms with Crippen molar-refractivity contribution in [2.45, 2.75) is 0 Å². The van der Waals surface area contributed by atoms with Crippen LogP contribution in [0.25, 0.3) is 55.5 Å². The zero-order valence-corrected chi connectivity index (χ0v) is 20.3. The molecule has 0 aliphatic heterocycles. The normalized spacial score (nSPS) is 10.6. The molecule has 176 valence electrons. The molecular formula is C34H20N4. The lowest BCUT2D eigenvalue weighted by molar-refractivity contribution is 1.31. The van der Waals surface area contributed by atoms with E-state index in [9.17, 15) is 10.5 Å². The fraction of sp³-hybridized carbons (Fsp3) is 0. The summed E-state index contributed by atoms with van der Waals surface area (Å²) < 4.78 is 0. The largest absolute Gasteiger partial charge is 0.256 e. The first-order valence-corrected chi connectivity index (χ1v) is 12.2. The second kappa shape index (κ2) is 9.82. The van der Waals surface area contributed by atoms with E-state index in [4.69, 9.17) is 0 Å². The van der Waals surface area contributed by atoms with Crippen LogP contribution in [0.3, 0.4) is 0 Å². The third-order valence-corrected chi connectivity index (χ3v) is 6.60. The highest BCUT2D eigenvalue weighted by Crippen LogP contribution is 2.32. The zero-order valence-electron chi connectivity index (χ0n) is 20.3. The lowest BCUT2D eigenvalue weighted by Gasteiger charge is -2.10. The first kappa shape index (κ1) is 22.9. The second-order valence-corrected chi connectivity index (χ2v) is 9.02. The van der Waals surface area contributed by atoms with Crippen LogP contribution in [0.15, 0.2) is 122 Å². The Morgan fingerprint density at radius 1 is 0.421 bits per heavy atom. The van der Waals surface area contributed by atoms with E-state index in [0.717, 1.165) is 55.5 Å². The van der Waals surface area contributed by atoms with Gasteiger partial charge >= 0.3 is 0 Å². The minimum atomic E-state index is 0.597. The van der Waals surface area contributed by atoms with Gasteiger partial charge in [0.2, 0.25) is 0 Å². The molecule has 0 saturated heterocycles. The number of nitriles is 2. The maximum atomic E-state index is 9.23. The Labute approximate surface area is 220 Å². The van der Waals surface area contributed by atoms with E-state index in [2.05, 4.69) is 82.8 Å². The first-order chi connectivity index (χ1) is 18.7. The summed E-state index contributed by atoms with van der Waals surface area (Å²) in [5.74, 6) is 0. The zero-order chi connectivity index (χ0) is 25.9. The summed E-state index contributed by atoms with van der Waals surface area (Å²) in [6, 6.07) is 40.9. The van der Waals surface area contributed by atoms with Crippen molar-refractivity contribution in [2.24, 2.45) is 0 Å². The molecular weight excluding hydrogens is 464 g/mol. The number of aromatic nitrogens is 2. The van der Waals surface area contributed by atoms with Gasteiger partial charge in [-0.3, -0.25) is 9.97 Å². The molecule has 4 nitrogen and oxygen atoms in total. The van der Waals surface area contributed by atoms with Crippen molar-refractivity contribution in [3.05, 3.63) is 133 Å². The van der Waals surface area contributed by atoms with Gasteiger partial charge in [-0.25, -0.2) is 0 Å². The molecule has 6 rings (SSSR count). The van der Waals surface area contributed by atoms with Gasteiger partial charge in [-0.2, -0.15) is 10.5 Å². The number of benzene rings is 4. The number of nitrogens with zero attached hydrogens (tertiary/aromatic N) is 4. The van der Waals surface area contributed by atoms with Gasteiger partial charge < -0.3 is 0 Å². The molecule has 0 spiro atoms. The molecule has 2 heterocycles. The molecule has 6 aromatic rings. The van der Waals surface area contributed by atoms with Crippen molar-refractivity contribution in [3.63, 3.8) is 0 Å². The van der Waals surface area contributed by atoms with Crippen LogP contribution in [-0.4, -0.2) is 9.97 Å². The van der Waals surface area contributed by atoms with Crippen molar-refractivity contribution in [3.8, 4) is 56.9 Å². The molecule has 0 saturated carbocycles. The molecule has 4 heteroatoms. The molecule has 0 fully saturated rings. The fourth-order valence-corrected chi connectivity index (χ4v) is 4.64. The minimum absolute atomic E-state index is 0.597. The summed E-state index contributed by atoms with van der Waals surface area (Å²) in [5, 5.41) is 20.8. The van der Waals surface area contributed by atoms with Gasteiger partial charge in [0, 0.05) is 23.5 Å². The highest BCUT2D eigenvalue weighted by Gasteiger charge is 2.08. The van der Waals surface area contributed by atoms with Crippen molar-refractivity contribution in [1.82, 2.24) is 9.97 Å². The fourth-order valence-electron chi connectivity index (χ4n) is 4.64. The van der Waals surface area contributed by atoms with Crippen molar-refractivity contribution in [1.29, 1.82) is 10.5 Å². The van der Waals surface area contributed by atoms with Crippen molar-refractivity contribution >= 4 is 10.8 Å². The SMILES string of the molecule is N#Cc1ccnc(-c2cccc(-c3ccc4cc(-c5cccc(-c6cc(C#N)ccn6)c5)ccc4c3)c2)c1. The quantitative estimate of drug-likeness (QED) is 0.254. The predicted octanol–water partition coefficient (Wildman–Crippen LogP) is 8.04. The van der Waals surface area contributed by atoms with E-state index in [1.165, 1.54) is 0 Å². The smallest absolute Gasteiger partial charge is 0.0992 e. The Morgan fingerprint density at radius 2 is 0.842 bits per heavy atom. The van der Waals surface area contributed by atoms with Gasteiger partial charge in [-0.05, 0) is 81.6 Å². The average Bonchev–Trinajstić information content (AvgIpc) is 3.00. The van der Waals surface area contributed by atoms with E-state index in [1.54, 1.807) is 24.5 Å². The average molecular weight is 485 g/mol. The van der Waals surface area contributed by atoms with Gasteiger partial charge in [0.05, 0.1) is 34.7 Å². The molecule has 4 aromatic carbocycles. The topological polar surface area (TPSA) is 73.4 Å². The molecule has 0 radical (unpaired) electrons. The second-order valence-electron chi connectivity index (χ2n) is 9.02. The van der Waals surface area contributed by atoms with E-state index in [1.807, 2.05) is 36.4 Å². The number of rotatable bonds is 4. The van der Waals surface area contributed by atoms with Crippen LogP contribution in [0, 0.1) is 22.7 Å². The lowest BCUT2D eigenvalue weighted by Crippen LogP contribution is -1.87. The van der Waals surface area contributed by atoms with Crippen molar-refractivity contribution in [2.75, 3.05) is 0 Å². The minimum Gasteiger partial charge on any atom is -0.256 e. The number of hydrogen-bond acceptors (Lipinski definition) is 4. The molecule has 0 bridgehead atoms. The van der Waals surface area contributed by atoms with Crippen LogP contribution in [0.2, 0.25) is 0 Å². The van der Waals surface area contributed by atoms with Crippen LogP contribution in [0.4, 0.5) is 0 Å². The summed E-state index contributed by atoms with van der Waals surface area (Å²) in [6.45, 7) is 0. The molecule has 0 unspecified atom stereocenters. The number of fused-ring (bicyclic) bond motifs is 1. The standard InChI is InChI=1S/C34H20N4/c35-21-23-11-13-37-33(15-23)31-5-1-3-25(19-31)27-7-9-30-18-28(8-10-29(30)17-27)26-4-2-6-32(20-26)34-16-24(22-36)12-14-38-34/h1-20H. The monoisotopic (exact) mass is 484 g/mol. The van der Waals surface area contributed by atoms with Crippen LogP contribution in [0.5, 0.6) is 0 Å². The van der Waals surface area contributed by atoms with E-state index in [0.29, 0.717) is 11.1 Å². The van der Waals surface area contributed by atoms with Gasteiger partial charge in [0.1, 0.15) is 0 Å². The highest BCUT2D eigenvalue weighted by atomic mass is 14.7. The Kier molecular flexibility index (Phi) is 5.91. The molecule has 0 amide bonds. The van der Waals surface area contributed by atoms with Gasteiger partial charge in [-0.1, -0.05) is 60.7 Å². The Bertz CT molecular complexity index is 1770. The van der Waals surface area contributed by atoms with Crippen molar-refractivity contribution < 1.29 is 0 Å². The maximum Gasteiger partial charge on any atom is 0.0992 e. The molecule has 0 N–H and O–H groups in total. The van der Waals surface area contributed by atoms with Gasteiger partial charge in [-0.15, -0.1) is 0 Å². The number of hydrogen-bond donors (Lipinski definition) is 0. The highest BCUT2D eigenvalue weighted by molar-refractivity contribution is 5.91. The van der Waals surface area contributed by atoms with E-state index >= 15 is 0 Å². The molecule has 0 atom stereocenters. The summed E-state index contributed by atoms with van der Waals surface area (Å²) in [7, 11) is 0. The molecule has 38 heavy (non-hydrogen) atoms. The summed E-state index contributed by atoms with van der Waals surface area (Å²) >= 11 is 0. The molecule has 0 aliphatic rings. The van der Waals surface area contributed by atoms with Crippen LogP contribution < -0.4 is 0 Å². The Morgan fingerprint density at radius 3 is 1.29 bits per heavy atom. The van der Waals surface area contributed by atoms with E-state index in [-0.39, 0.29) is 0 Å². The Balaban J connectivity index is 1.33. The first-order valence-electron chi connectivity index (χ1n) is 12.2. The number of pyridine rings is 2. The molecule has 2 aromatic heterocycles. The summed E-state index contributed by atoms with van der Waals surface area (Å²) in [5.41, 5.74) is 9.15.